The number of halogens is 1. The zero-order valence-electron chi connectivity index (χ0n) is 8.20. The fourth-order valence-electron chi connectivity index (χ4n) is 2.06. The summed E-state index contributed by atoms with van der Waals surface area (Å²) in [7, 11) is 0. The third-order valence-electron chi connectivity index (χ3n) is 2.81. The van der Waals surface area contributed by atoms with Gasteiger partial charge in [-0.2, -0.15) is 0 Å². The zero-order chi connectivity index (χ0) is 11.3. The molecule has 0 bridgehead atoms. The summed E-state index contributed by atoms with van der Waals surface area (Å²) in [5.41, 5.74) is 3.07. The van der Waals surface area contributed by atoms with Gasteiger partial charge in [-0.25, -0.2) is 0 Å². The molecule has 0 saturated heterocycles. The molecule has 2 aromatic carbocycles. The lowest BCUT2D eigenvalue weighted by atomic mass is 10.1. The summed E-state index contributed by atoms with van der Waals surface area (Å²) in [5.74, 6) is 0.0632. The van der Waals surface area contributed by atoms with Gasteiger partial charge >= 0.3 is 0 Å². The highest BCUT2D eigenvalue weighted by Crippen LogP contribution is 2.43. The molecule has 0 aromatic heterocycles. The predicted molar refractivity (Wildman–Crippen MR) is 64.7 cm³/mol. The third kappa shape index (κ3) is 1.09. The van der Waals surface area contributed by atoms with E-state index in [9.17, 15) is 9.90 Å². The van der Waals surface area contributed by atoms with E-state index in [1.807, 2.05) is 18.2 Å². The molecule has 1 N–H and O–H groups in total. The van der Waals surface area contributed by atoms with Gasteiger partial charge in [-0.1, -0.05) is 24.3 Å². The van der Waals surface area contributed by atoms with Crippen molar-refractivity contribution >= 4 is 21.7 Å². The summed E-state index contributed by atoms with van der Waals surface area (Å²) in [4.78, 5) is 12.1. The highest BCUT2D eigenvalue weighted by Gasteiger charge is 2.29. The fraction of sp³-hybridized carbons (Fsp3) is 0. The molecule has 2 aromatic rings. The first kappa shape index (κ1) is 9.60. The number of phenolic OH excluding ortho intramolecular Hbond substituents is 1. The maximum Gasteiger partial charge on any atom is 0.195 e. The van der Waals surface area contributed by atoms with Gasteiger partial charge in [0.1, 0.15) is 5.75 Å². The number of hydrogen-bond acceptors (Lipinski definition) is 2. The second-order valence-corrected chi connectivity index (χ2v) is 4.49. The standard InChI is InChI=1S/C13H7BrO2/c14-12-10(15)6-5-8-7-3-1-2-4-9(7)13(16)11(8)12/h1-6,15H. The van der Waals surface area contributed by atoms with Gasteiger partial charge in [-0.3, -0.25) is 4.79 Å². The molecule has 3 rings (SSSR count). The second kappa shape index (κ2) is 3.19. The molecule has 0 unspecified atom stereocenters. The van der Waals surface area contributed by atoms with Crippen molar-refractivity contribution in [3.8, 4) is 16.9 Å². The van der Waals surface area contributed by atoms with Crippen molar-refractivity contribution in [3.05, 3.63) is 52.0 Å². The topological polar surface area (TPSA) is 37.3 Å². The Balaban J connectivity index is 2.42. The second-order valence-electron chi connectivity index (χ2n) is 3.70. The van der Waals surface area contributed by atoms with Gasteiger partial charge in [-0.15, -0.1) is 0 Å². The van der Waals surface area contributed by atoms with Crippen LogP contribution < -0.4 is 0 Å². The summed E-state index contributed by atoms with van der Waals surface area (Å²) in [6.07, 6.45) is 0. The molecule has 0 radical (unpaired) electrons. The minimum Gasteiger partial charge on any atom is -0.507 e. The van der Waals surface area contributed by atoms with Crippen LogP contribution in [0.5, 0.6) is 5.75 Å². The molecule has 0 amide bonds. The van der Waals surface area contributed by atoms with E-state index in [1.165, 1.54) is 0 Å². The normalized spacial score (nSPS) is 12.4. The summed E-state index contributed by atoms with van der Waals surface area (Å²) in [5, 5.41) is 9.58. The summed E-state index contributed by atoms with van der Waals surface area (Å²) >= 11 is 3.26. The number of hydrogen-bond donors (Lipinski definition) is 1. The lowest BCUT2D eigenvalue weighted by Gasteiger charge is -2.03. The van der Waals surface area contributed by atoms with Crippen molar-refractivity contribution in [2.24, 2.45) is 0 Å². The van der Waals surface area contributed by atoms with E-state index in [4.69, 9.17) is 0 Å². The van der Waals surface area contributed by atoms with Crippen LogP contribution in [0.2, 0.25) is 0 Å². The highest BCUT2D eigenvalue weighted by atomic mass is 79.9. The average Bonchev–Trinajstić information content (AvgIpc) is 2.59. The van der Waals surface area contributed by atoms with Gasteiger partial charge in [0.2, 0.25) is 0 Å². The van der Waals surface area contributed by atoms with Crippen LogP contribution in [0.4, 0.5) is 0 Å². The SMILES string of the molecule is O=C1c2ccccc2-c2ccc(O)c(Br)c21. The van der Waals surface area contributed by atoms with Crippen molar-refractivity contribution < 1.29 is 9.90 Å². The molecule has 1 aliphatic rings. The Labute approximate surface area is 101 Å². The molecule has 3 heteroatoms. The van der Waals surface area contributed by atoms with Crippen LogP contribution in [-0.4, -0.2) is 10.9 Å². The van der Waals surface area contributed by atoms with E-state index >= 15 is 0 Å². The minimum atomic E-state index is -0.0339. The molecule has 2 nitrogen and oxygen atoms in total. The van der Waals surface area contributed by atoms with E-state index in [0.717, 1.165) is 11.1 Å². The molecule has 0 saturated carbocycles. The van der Waals surface area contributed by atoms with Crippen LogP contribution in [0, 0.1) is 0 Å². The van der Waals surface area contributed by atoms with Gasteiger partial charge in [0.05, 0.1) is 4.47 Å². The monoisotopic (exact) mass is 274 g/mol. The van der Waals surface area contributed by atoms with Crippen molar-refractivity contribution in [2.75, 3.05) is 0 Å². The predicted octanol–water partition coefficient (Wildman–Crippen LogP) is 3.37. The minimum absolute atomic E-state index is 0.0339. The lowest BCUT2D eigenvalue weighted by molar-refractivity contribution is 0.104. The van der Waals surface area contributed by atoms with Crippen LogP contribution in [0.25, 0.3) is 11.1 Å². The van der Waals surface area contributed by atoms with Gasteiger partial charge in [0.25, 0.3) is 0 Å². The average molecular weight is 275 g/mol. The number of rotatable bonds is 0. The molecule has 1 aliphatic carbocycles. The Bertz CT molecular complexity index is 617. The van der Waals surface area contributed by atoms with Crippen LogP contribution in [0.15, 0.2) is 40.9 Å². The number of fused-ring (bicyclic) bond motifs is 3. The number of carbonyl (C=O) groups excluding carboxylic acids is 1. The Kier molecular flexibility index (Phi) is 1.91. The first-order valence-electron chi connectivity index (χ1n) is 4.85. The Morgan fingerprint density at radius 2 is 1.62 bits per heavy atom. The van der Waals surface area contributed by atoms with E-state index in [2.05, 4.69) is 15.9 Å². The molecule has 78 valence electrons. The number of aromatic hydroxyl groups is 1. The molecule has 0 heterocycles. The van der Waals surface area contributed by atoms with Gasteiger partial charge < -0.3 is 5.11 Å². The van der Waals surface area contributed by atoms with E-state index in [1.54, 1.807) is 18.2 Å². The summed E-state index contributed by atoms with van der Waals surface area (Å²) in [6, 6.07) is 10.8. The molecule has 0 aliphatic heterocycles. The van der Waals surface area contributed by atoms with E-state index in [-0.39, 0.29) is 11.5 Å². The van der Waals surface area contributed by atoms with Crippen LogP contribution in [0.3, 0.4) is 0 Å². The number of phenols is 1. The van der Waals surface area contributed by atoms with Crippen molar-refractivity contribution in [2.45, 2.75) is 0 Å². The van der Waals surface area contributed by atoms with Crippen molar-refractivity contribution in [3.63, 3.8) is 0 Å². The maximum atomic E-state index is 12.1. The van der Waals surface area contributed by atoms with Crippen LogP contribution >= 0.6 is 15.9 Å². The smallest absolute Gasteiger partial charge is 0.195 e. The first-order chi connectivity index (χ1) is 7.70. The van der Waals surface area contributed by atoms with Gasteiger partial charge in [0.15, 0.2) is 5.78 Å². The summed E-state index contributed by atoms with van der Waals surface area (Å²) < 4.78 is 0.478. The van der Waals surface area contributed by atoms with Crippen LogP contribution in [-0.2, 0) is 0 Å². The van der Waals surface area contributed by atoms with Crippen molar-refractivity contribution in [1.82, 2.24) is 0 Å². The largest absolute Gasteiger partial charge is 0.507 e. The Morgan fingerprint density at radius 1 is 0.938 bits per heavy atom. The molecule has 0 spiro atoms. The molecule has 0 atom stereocenters. The van der Waals surface area contributed by atoms with Crippen molar-refractivity contribution in [1.29, 1.82) is 0 Å². The molecule has 0 fully saturated rings. The Hall–Kier alpha value is -1.61. The molecular weight excluding hydrogens is 268 g/mol. The highest BCUT2D eigenvalue weighted by molar-refractivity contribution is 9.10. The Morgan fingerprint density at radius 3 is 2.38 bits per heavy atom. The number of ketones is 1. The lowest BCUT2D eigenvalue weighted by Crippen LogP contribution is -1.96. The van der Waals surface area contributed by atoms with E-state index < -0.39 is 0 Å². The van der Waals surface area contributed by atoms with Gasteiger partial charge in [-0.05, 0) is 39.2 Å². The van der Waals surface area contributed by atoms with Crippen LogP contribution in [0.1, 0.15) is 15.9 Å². The quantitative estimate of drug-likeness (QED) is 0.683. The summed E-state index contributed by atoms with van der Waals surface area (Å²) in [6.45, 7) is 0. The number of benzene rings is 2. The van der Waals surface area contributed by atoms with E-state index in [0.29, 0.717) is 15.6 Å². The molecular formula is C13H7BrO2. The molecule has 16 heavy (non-hydrogen) atoms. The third-order valence-corrected chi connectivity index (χ3v) is 3.61. The zero-order valence-corrected chi connectivity index (χ0v) is 9.78. The van der Waals surface area contributed by atoms with Gasteiger partial charge in [0, 0.05) is 11.1 Å². The number of carbonyl (C=O) groups is 1. The maximum absolute atomic E-state index is 12.1. The first-order valence-corrected chi connectivity index (χ1v) is 5.65. The fourth-order valence-corrected chi connectivity index (χ4v) is 2.59.